The maximum atomic E-state index is 14.0. The average molecular weight is 518 g/mol. The molecule has 11 heteroatoms. The van der Waals surface area contributed by atoms with Gasteiger partial charge in [-0.15, -0.1) is 0 Å². The first-order valence-electron chi connectivity index (χ1n) is 10.4. The first-order chi connectivity index (χ1) is 17.0. The van der Waals surface area contributed by atoms with Gasteiger partial charge < -0.3 is 10.6 Å². The molecule has 182 valence electrons. The van der Waals surface area contributed by atoms with Gasteiger partial charge in [-0.25, -0.2) is 8.78 Å². The van der Waals surface area contributed by atoms with Gasteiger partial charge >= 0.3 is 6.18 Å². The van der Waals surface area contributed by atoms with E-state index in [-0.39, 0.29) is 33.5 Å². The van der Waals surface area contributed by atoms with Gasteiger partial charge in [-0.05, 0) is 48.5 Å². The van der Waals surface area contributed by atoms with E-state index in [9.17, 15) is 31.5 Å². The van der Waals surface area contributed by atoms with Crippen LogP contribution in [0.25, 0.3) is 10.9 Å². The molecule has 2 N–H and O–H groups in total. The molecule has 1 unspecified atom stereocenters. The van der Waals surface area contributed by atoms with Gasteiger partial charge in [0.1, 0.15) is 11.6 Å². The number of hydrogen-bond donors (Lipinski definition) is 2. The monoisotopic (exact) mass is 517 g/mol. The molecule has 0 saturated heterocycles. The molecule has 1 aliphatic rings. The standard InChI is InChI=1S/C25H13ClF5N3O2/c26-17-4-3-14(27)10-16(17)22-19-18(8-11-2-1-5-32-21(11)20(19)24(36)34-22)33-23(35)12-6-13(25(29,30)31)9-15(28)7-12/h1-10,22H,(H,33,35)(H,34,36). The van der Waals surface area contributed by atoms with Crippen molar-refractivity contribution in [3.8, 4) is 0 Å². The van der Waals surface area contributed by atoms with Gasteiger partial charge in [-0.2, -0.15) is 13.2 Å². The van der Waals surface area contributed by atoms with Crippen LogP contribution < -0.4 is 10.6 Å². The van der Waals surface area contributed by atoms with Gasteiger partial charge in [0.15, 0.2) is 0 Å². The molecule has 5 rings (SSSR count). The number of alkyl halides is 3. The number of carbonyl (C=O) groups excluding carboxylic acids is 2. The highest BCUT2D eigenvalue weighted by Crippen LogP contribution is 2.42. The summed E-state index contributed by atoms with van der Waals surface area (Å²) in [5.41, 5.74) is -1.11. The Morgan fingerprint density at radius 2 is 1.81 bits per heavy atom. The van der Waals surface area contributed by atoms with Crippen LogP contribution in [0, 0.1) is 11.6 Å². The number of nitrogens with zero attached hydrogens (tertiary/aromatic N) is 1. The number of benzene rings is 3. The molecule has 1 atom stereocenters. The van der Waals surface area contributed by atoms with E-state index >= 15 is 0 Å². The molecule has 0 saturated carbocycles. The fraction of sp³-hybridized carbons (Fsp3) is 0.0800. The van der Waals surface area contributed by atoms with Crippen molar-refractivity contribution in [1.82, 2.24) is 10.3 Å². The van der Waals surface area contributed by atoms with E-state index in [0.717, 1.165) is 12.1 Å². The molecule has 0 bridgehead atoms. The zero-order valence-electron chi connectivity index (χ0n) is 17.9. The van der Waals surface area contributed by atoms with Crippen LogP contribution in [-0.4, -0.2) is 16.8 Å². The minimum Gasteiger partial charge on any atom is -0.341 e. The van der Waals surface area contributed by atoms with Crippen LogP contribution in [0.2, 0.25) is 5.02 Å². The van der Waals surface area contributed by atoms with E-state index in [2.05, 4.69) is 15.6 Å². The average Bonchev–Trinajstić information content (AvgIpc) is 3.17. The summed E-state index contributed by atoms with van der Waals surface area (Å²) in [5, 5.41) is 5.76. The quantitative estimate of drug-likeness (QED) is 0.315. The van der Waals surface area contributed by atoms with Gasteiger partial charge in [0, 0.05) is 39.0 Å². The van der Waals surface area contributed by atoms with Crippen molar-refractivity contribution in [3.63, 3.8) is 0 Å². The Morgan fingerprint density at radius 3 is 2.56 bits per heavy atom. The Morgan fingerprint density at radius 1 is 1.03 bits per heavy atom. The highest BCUT2D eigenvalue weighted by atomic mass is 35.5. The summed E-state index contributed by atoms with van der Waals surface area (Å²) in [4.78, 5) is 30.2. The largest absolute Gasteiger partial charge is 0.416 e. The molecule has 1 aromatic heterocycles. The van der Waals surface area contributed by atoms with Crippen molar-refractivity contribution in [2.75, 3.05) is 5.32 Å². The highest BCUT2D eigenvalue weighted by molar-refractivity contribution is 6.31. The summed E-state index contributed by atoms with van der Waals surface area (Å²) in [5.74, 6) is -3.49. The Kier molecular flexibility index (Phi) is 5.63. The number of carbonyl (C=O) groups is 2. The second-order valence-electron chi connectivity index (χ2n) is 8.04. The van der Waals surface area contributed by atoms with Gasteiger partial charge in [0.2, 0.25) is 0 Å². The Hall–Kier alpha value is -4.05. The van der Waals surface area contributed by atoms with E-state index in [1.165, 1.54) is 18.3 Å². The maximum absolute atomic E-state index is 14.0. The fourth-order valence-electron chi connectivity index (χ4n) is 4.20. The molecule has 1 aliphatic heterocycles. The van der Waals surface area contributed by atoms with Gasteiger partial charge in [0.05, 0.1) is 22.7 Å². The number of rotatable bonds is 3. The third-order valence-electron chi connectivity index (χ3n) is 5.73. The van der Waals surface area contributed by atoms with Crippen molar-refractivity contribution in [2.24, 2.45) is 0 Å². The lowest BCUT2D eigenvalue weighted by Crippen LogP contribution is -2.21. The Bertz CT molecular complexity index is 1570. The topological polar surface area (TPSA) is 71.1 Å². The van der Waals surface area contributed by atoms with E-state index in [1.54, 1.807) is 12.1 Å². The number of halogens is 6. The van der Waals surface area contributed by atoms with Crippen LogP contribution >= 0.6 is 11.6 Å². The third-order valence-corrected chi connectivity index (χ3v) is 6.07. The second-order valence-corrected chi connectivity index (χ2v) is 8.45. The van der Waals surface area contributed by atoms with Crippen LogP contribution in [0.3, 0.4) is 0 Å². The third kappa shape index (κ3) is 4.13. The SMILES string of the molecule is O=C(Nc1cc2cccnc2c2c1C(c1cc(F)ccc1Cl)NC2=O)c1cc(F)cc(C(F)(F)F)c1. The molecule has 36 heavy (non-hydrogen) atoms. The van der Waals surface area contributed by atoms with Crippen molar-refractivity contribution in [2.45, 2.75) is 12.2 Å². The number of anilines is 1. The fourth-order valence-corrected chi connectivity index (χ4v) is 4.42. The summed E-state index contributed by atoms with van der Waals surface area (Å²) in [6.45, 7) is 0. The maximum Gasteiger partial charge on any atom is 0.416 e. The summed E-state index contributed by atoms with van der Waals surface area (Å²) in [6, 6.07) is 8.71. The number of amides is 2. The number of pyridine rings is 1. The van der Waals surface area contributed by atoms with Crippen LogP contribution in [0.15, 0.2) is 60.8 Å². The molecule has 2 amide bonds. The predicted molar refractivity (Wildman–Crippen MR) is 122 cm³/mol. The highest BCUT2D eigenvalue weighted by Gasteiger charge is 2.37. The van der Waals surface area contributed by atoms with Crippen LogP contribution in [0.5, 0.6) is 0 Å². The minimum atomic E-state index is -4.87. The second kappa shape index (κ2) is 8.56. The van der Waals surface area contributed by atoms with Crippen LogP contribution in [0.1, 0.15) is 43.4 Å². The van der Waals surface area contributed by atoms with Crippen molar-refractivity contribution in [3.05, 3.63) is 105 Å². The summed E-state index contributed by atoms with van der Waals surface area (Å²) in [7, 11) is 0. The number of aromatic nitrogens is 1. The molecule has 5 nitrogen and oxygen atoms in total. The molecule has 0 aliphatic carbocycles. The summed E-state index contributed by atoms with van der Waals surface area (Å²) in [6.07, 6.45) is -3.41. The number of hydrogen-bond acceptors (Lipinski definition) is 3. The van der Waals surface area contributed by atoms with Gasteiger partial charge in [-0.3, -0.25) is 14.6 Å². The lowest BCUT2D eigenvalue weighted by atomic mass is 9.94. The van der Waals surface area contributed by atoms with E-state index in [0.29, 0.717) is 23.0 Å². The Labute approximate surface area is 204 Å². The van der Waals surface area contributed by atoms with Crippen molar-refractivity contribution < 1.29 is 31.5 Å². The molecular weight excluding hydrogens is 505 g/mol. The zero-order valence-corrected chi connectivity index (χ0v) is 18.6. The lowest BCUT2D eigenvalue weighted by Gasteiger charge is -2.19. The predicted octanol–water partition coefficient (Wildman–Crippen LogP) is 6.27. The molecule has 3 aromatic carbocycles. The van der Waals surface area contributed by atoms with Crippen LogP contribution in [0.4, 0.5) is 27.6 Å². The molecule has 2 heterocycles. The summed E-state index contributed by atoms with van der Waals surface area (Å²) >= 11 is 6.27. The number of nitrogens with one attached hydrogen (secondary N) is 2. The molecule has 0 radical (unpaired) electrons. The summed E-state index contributed by atoms with van der Waals surface area (Å²) < 4.78 is 67.4. The normalized spacial score (nSPS) is 15.1. The van der Waals surface area contributed by atoms with Gasteiger partial charge in [-0.1, -0.05) is 17.7 Å². The lowest BCUT2D eigenvalue weighted by molar-refractivity contribution is -0.137. The smallest absolute Gasteiger partial charge is 0.341 e. The molecule has 0 spiro atoms. The van der Waals surface area contributed by atoms with E-state index in [4.69, 9.17) is 11.6 Å². The zero-order chi connectivity index (χ0) is 25.8. The molecule has 4 aromatic rings. The molecule has 0 fully saturated rings. The van der Waals surface area contributed by atoms with E-state index in [1.807, 2.05) is 0 Å². The Balaban J connectivity index is 1.67. The number of fused-ring (bicyclic) bond motifs is 3. The van der Waals surface area contributed by atoms with Crippen molar-refractivity contribution >= 4 is 40.0 Å². The van der Waals surface area contributed by atoms with Crippen molar-refractivity contribution in [1.29, 1.82) is 0 Å². The minimum absolute atomic E-state index is 0.0389. The molecular formula is C25H13ClF5N3O2. The first kappa shape index (κ1) is 23.7. The van der Waals surface area contributed by atoms with Gasteiger partial charge in [0.25, 0.3) is 11.8 Å². The van der Waals surface area contributed by atoms with E-state index < -0.39 is 46.8 Å². The van der Waals surface area contributed by atoms with Crippen LogP contribution in [-0.2, 0) is 6.18 Å². The first-order valence-corrected chi connectivity index (χ1v) is 10.8.